The first-order chi connectivity index (χ1) is 10.3. The molecule has 0 atom stereocenters. The molecule has 1 heterocycles. The van der Waals surface area contributed by atoms with Gasteiger partial charge >= 0.3 is 0 Å². The van der Waals surface area contributed by atoms with Gasteiger partial charge in [0.2, 0.25) is 5.91 Å². The Kier molecular flexibility index (Phi) is 9.56. The minimum Gasteiger partial charge on any atom is -0.383 e. The highest BCUT2D eigenvalue weighted by atomic mass is 16.5. The van der Waals surface area contributed by atoms with E-state index in [2.05, 4.69) is 25.8 Å². The predicted octanol–water partition coefficient (Wildman–Crippen LogP) is -0.600. The summed E-state index contributed by atoms with van der Waals surface area (Å²) in [6.45, 7) is 5.50. The fourth-order valence-corrected chi connectivity index (χ4v) is 2.26. The number of hydrogen-bond donors (Lipinski definition) is 3. The number of carbonyl (C=O) groups excluding carboxylic acids is 1. The molecule has 0 saturated carbocycles. The van der Waals surface area contributed by atoms with Crippen molar-refractivity contribution in [2.45, 2.75) is 19.3 Å². The summed E-state index contributed by atoms with van der Waals surface area (Å²) in [7, 11) is 3.32. The Labute approximate surface area is 127 Å². The fourth-order valence-electron chi connectivity index (χ4n) is 2.26. The van der Waals surface area contributed by atoms with Crippen LogP contribution in [0.25, 0.3) is 0 Å². The summed E-state index contributed by atoms with van der Waals surface area (Å²) in [6.07, 6.45) is 3.95. The maximum absolute atomic E-state index is 11.5. The molecule has 1 fully saturated rings. The van der Waals surface area contributed by atoms with Gasteiger partial charge in [0.1, 0.15) is 0 Å². The molecule has 0 aromatic heterocycles. The van der Waals surface area contributed by atoms with E-state index in [1.165, 1.54) is 32.4 Å². The molecular formula is C14H29N5O2. The van der Waals surface area contributed by atoms with Crippen LogP contribution in [-0.4, -0.2) is 76.8 Å². The standard InChI is InChI=1S/C14H29N5O2/c1-15-14(18-12-13(20)16-7-11-21-2)17-6-10-19-8-4-3-5-9-19/h3-12H2,1-2H3,(H,16,20)(H2,15,17,18). The van der Waals surface area contributed by atoms with Crippen LogP contribution in [0.3, 0.4) is 0 Å². The second-order valence-corrected chi connectivity index (χ2v) is 5.10. The lowest BCUT2D eigenvalue weighted by molar-refractivity contribution is -0.120. The molecule has 122 valence electrons. The Morgan fingerprint density at radius 2 is 1.90 bits per heavy atom. The molecule has 1 aliphatic heterocycles. The minimum absolute atomic E-state index is 0.0639. The van der Waals surface area contributed by atoms with Crippen LogP contribution in [0.4, 0.5) is 0 Å². The number of piperidine rings is 1. The molecule has 1 amide bonds. The van der Waals surface area contributed by atoms with E-state index in [0.717, 1.165) is 13.1 Å². The van der Waals surface area contributed by atoms with Crippen LogP contribution in [0.5, 0.6) is 0 Å². The van der Waals surface area contributed by atoms with Crippen LogP contribution < -0.4 is 16.0 Å². The van der Waals surface area contributed by atoms with Gasteiger partial charge in [0, 0.05) is 33.8 Å². The van der Waals surface area contributed by atoms with Gasteiger partial charge in [-0.05, 0) is 25.9 Å². The predicted molar refractivity (Wildman–Crippen MR) is 84.5 cm³/mol. The van der Waals surface area contributed by atoms with Gasteiger partial charge in [0.05, 0.1) is 13.2 Å². The van der Waals surface area contributed by atoms with Crippen molar-refractivity contribution in [3.8, 4) is 0 Å². The van der Waals surface area contributed by atoms with Gasteiger partial charge in [-0.2, -0.15) is 0 Å². The number of rotatable bonds is 8. The smallest absolute Gasteiger partial charge is 0.239 e. The summed E-state index contributed by atoms with van der Waals surface area (Å²) in [4.78, 5) is 18.1. The lowest BCUT2D eigenvalue weighted by Gasteiger charge is -2.26. The summed E-state index contributed by atoms with van der Waals surface area (Å²) in [5, 5.41) is 8.99. The number of methoxy groups -OCH3 is 1. The van der Waals surface area contributed by atoms with Crippen LogP contribution in [0.15, 0.2) is 4.99 Å². The molecule has 0 radical (unpaired) electrons. The zero-order chi connectivity index (χ0) is 15.3. The lowest BCUT2D eigenvalue weighted by Crippen LogP contribution is -2.46. The van der Waals surface area contributed by atoms with Crippen molar-refractivity contribution >= 4 is 11.9 Å². The quantitative estimate of drug-likeness (QED) is 0.317. The van der Waals surface area contributed by atoms with E-state index in [9.17, 15) is 4.79 Å². The topological polar surface area (TPSA) is 78.0 Å². The van der Waals surface area contributed by atoms with Gasteiger partial charge in [-0.3, -0.25) is 9.79 Å². The number of carbonyl (C=O) groups is 1. The van der Waals surface area contributed by atoms with E-state index in [0.29, 0.717) is 19.1 Å². The van der Waals surface area contributed by atoms with Crippen molar-refractivity contribution < 1.29 is 9.53 Å². The first-order valence-electron chi connectivity index (χ1n) is 7.68. The average Bonchev–Trinajstić information content (AvgIpc) is 2.52. The summed E-state index contributed by atoms with van der Waals surface area (Å²) in [5.74, 6) is 0.597. The Hall–Kier alpha value is -1.34. The van der Waals surface area contributed by atoms with E-state index < -0.39 is 0 Å². The van der Waals surface area contributed by atoms with Gasteiger partial charge in [0.25, 0.3) is 0 Å². The highest BCUT2D eigenvalue weighted by Gasteiger charge is 2.09. The zero-order valence-electron chi connectivity index (χ0n) is 13.3. The summed E-state index contributed by atoms with van der Waals surface area (Å²) < 4.78 is 4.87. The monoisotopic (exact) mass is 299 g/mol. The molecule has 21 heavy (non-hydrogen) atoms. The maximum Gasteiger partial charge on any atom is 0.239 e. The highest BCUT2D eigenvalue weighted by Crippen LogP contribution is 2.07. The molecule has 1 saturated heterocycles. The third-order valence-corrected chi connectivity index (χ3v) is 3.44. The largest absolute Gasteiger partial charge is 0.383 e. The van der Waals surface area contributed by atoms with E-state index in [-0.39, 0.29) is 12.5 Å². The van der Waals surface area contributed by atoms with Crippen molar-refractivity contribution in [1.82, 2.24) is 20.9 Å². The number of amides is 1. The Morgan fingerprint density at radius 1 is 1.14 bits per heavy atom. The van der Waals surface area contributed by atoms with Crippen molar-refractivity contribution in [2.24, 2.45) is 4.99 Å². The first kappa shape index (κ1) is 17.7. The highest BCUT2D eigenvalue weighted by molar-refractivity contribution is 5.86. The third-order valence-electron chi connectivity index (χ3n) is 3.44. The summed E-state index contributed by atoms with van der Waals surface area (Å²) >= 11 is 0. The number of nitrogens with one attached hydrogen (secondary N) is 3. The molecule has 7 nitrogen and oxygen atoms in total. The Balaban J connectivity index is 2.09. The van der Waals surface area contributed by atoms with Crippen LogP contribution >= 0.6 is 0 Å². The molecule has 0 unspecified atom stereocenters. The van der Waals surface area contributed by atoms with E-state index in [4.69, 9.17) is 4.74 Å². The molecular weight excluding hydrogens is 270 g/mol. The summed E-state index contributed by atoms with van der Waals surface area (Å²) in [5.41, 5.74) is 0. The minimum atomic E-state index is -0.0639. The Bertz CT molecular complexity index is 316. The van der Waals surface area contributed by atoms with Gasteiger partial charge in [-0.1, -0.05) is 6.42 Å². The first-order valence-corrected chi connectivity index (χ1v) is 7.68. The lowest BCUT2D eigenvalue weighted by atomic mass is 10.1. The molecule has 3 N–H and O–H groups in total. The number of guanidine groups is 1. The molecule has 0 spiro atoms. The molecule has 0 aromatic rings. The number of hydrogen-bond acceptors (Lipinski definition) is 4. The van der Waals surface area contributed by atoms with Crippen molar-refractivity contribution in [1.29, 1.82) is 0 Å². The Morgan fingerprint density at radius 3 is 2.57 bits per heavy atom. The van der Waals surface area contributed by atoms with E-state index in [1.54, 1.807) is 14.2 Å². The second-order valence-electron chi connectivity index (χ2n) is 5.10. The molecule has 7 heteroatoms. The summed E-state index contributed by atoms with van der Waals surface area (Å²) in [6, 6.07) is 0. The number of ether oxygens (including phenoxy) is 1. The van der Waals surface area contributed by atoms with Crippen molar-refractivity contribution in [3.05, 3.63) is 0 Å². The number of likely N-dealkylation sites (tertiary alicyclic amines) is 1. The van der Waals surface area contributed by atoms with Gasteiger partial charge < -0.3 is 25.6 Å². The van der Waals surface area contributed by atoms with Crippen molar-refractivity contribution in [2.75, 3.05) is 60.0 Å². The second kappa shape index (κ2) is 11.3. The van der Waals surface area contributed by atoms with Crippen molar-refractivity contribution in [3.63, 3.8) is 0 Å². The zero-order valence-corrected chi connectivity index (χ0v) is 13.3. The van der Waals surface area contributed by atoms with Gasteiger partial charge in [-0.15, -0.1) is 0 Å². The maximum atomic E-state index is 11.5. The SMILES string of the molecule is CN=C(NCCN1CCCCC1)NCC(=O)NCCOC. The molecule has 1 rings (SSSR count). The average molecular weight is 299 g/mol. The normalized spacial score (nSPS) is 16.6. The molecule has 0 bridgehead atoms. The van der Waals surface area contributed by atoms with E-state index >= 15 is 0 Å². The molecule has 0 aliphatic carbocycles. The van der Waals surface area contributed by atoms with Crippen LogP contribution in [0.2, 0.25) is 0 Å². The molecule has 1 aliphatic rings. The third kappa shape index (κ3) is 8.52. The van der Waals surface area contributed by atoms with Gasteiger partial charge in [-0.25, -0.2) is 0 Å². The molecule has 0 aromatic carbocycles. The van der Waals surface area contributed by atoms with Crippen LogP contribution in [-0.2, 0) is 9.53 Å². The number of aliphatic imine (C=N–C) groups is 1. The van der Waals surface area contributed by atoms with Crippen LogP contribution in [0, 0.1) is 0 Å². The fraction of sp³-hybridized carbons (Fsp3) is 0.857. The number of nitrogens with zero attached hydrogens (tertiary/aromatic N) is 2. The van der Waals surface area contributed by atoms with Gasteiger partial charge in [0.15, 0.2) is 5.96 Å². The van der Waals surface area contributed by atoms with Crippen LogP contribution in [0.1, 0.15) is 19.3 Å². The van der Waals surface area contributed by atoms with E-state index in [1.807, 2.05) is 0 Å².